The Hall–Kier alpha value is -3.18. The summed E-state index contributed by atoms with van der Waals surface area (Å²) in [6.07, 6.45) is 4.29. The fraction of sp³-hybridized carbons (Fsp3) is 0.375. The van der Waals surface area contributed by atoms with Crippen LogP contribution in [-0.2, 0) is 13.0 Å². The van der Waals surface area contributed by atoms with E-state index in [9.17, 15) is 4.79 Å². The Morgan fingerprint density at radius 1 is 1.03 bits per heavy atom. The van der Waals surface area contributed by atoms with Gasteiger partial charge in [0.2, 0.25) is 0 Å². The lowest BCUT2D eigenvalue weighted by Crippen LogP contribution is -2.39. The van der Waals surface area contributed by atoms with Crippen LogP contribution >= 0.6 is 11.3 Å². The average molecular weight is 512 g/mol. The SMILES string of the molecule is Cc1c(C(=O)N2CCC(Cc3ccccc3)CC2)cc(-c2csc(-c3ccccc3)n2)n1CCC(C)C. The quantitative estimate of drug-likeness (QED) is 0.243. The van der Waals surface area contributed by atoms with Gasteiger partial charge in [0.05, 0.1) is 17.0 Å². The second-order valence-corrected chi connectivity index (χ2v) is 11.6. The van der Waals surface area contributed by atoms with Gasteiger partial charge in [-0.1, -0.05) is 74.5 Å². The highest BCUT2D eigenvalue weighted by molar-refractivity contribution is 7.13. The summed E-state index contributed by atoms with van der Waals surface area (Å²) in [7, 11) is 0. The standard InChI is InChI=1S/C32H37N3OS/c1-23(2)14-19-35-24(3)28(21-30(35)29-22-37-31(33-29)27-12-8-5-9-13-27)32(36)34-17-15-26(16-18-34)20-25-10-6-4-7-11-25/h4-13,21-23,26H,14-20H2,1-3H3. The summed E-state index contributed by atoms with van der Waals surface area (Å²) in [5, 5.41) is 3.14. The smallest absolute Gasteiger partial charge is 0.255 e. The zero-order valence-corrected chi connectivity index (χ0v) is 23.0. The monoisotopic (exact) mass is 511 g/mol. The van der Waals surface area contributed by atoms with Crippen LogP contribution in [0.15, 0.2) is 72.1 Å². The van der Waals surface area contributed by atoms with E-state index in [1.165, 1.54) is 5.56 Å². The molecular weight excluding hydrogens is 474 g/mol. The predicted molar refractivity (Wildman–Crippen MR) is 154 cm³/mol. The average Bonchev–Trinajstić information content (AvgIpc) is 3.53. The van der Waals surface area contributed by atoms with Crippen molar-refractivity contribution < 1.29 is 4.79 Å². The zero-order valence-electron chi connectivity index (χ0n) is 22.2. The molecule has 0 saturated carbocycles. The van der Waals surface area contributed by atoms with Crippen LogP contribution in [0.2, 0.25) is 0 Å². The van der Waals surface area contributed by atoms with Crippen LogP contribution in [0.3, 0.4) is 0 Å². The molecule has 2 aromatic carbocycles. The molecule has 192 valence electrons. The molecule has 0 aliphatic carbocycles. The first-order valence-corrected chi connectivity index (χ1v) is 14.4. The van der Waals surface area contributed by atoms with Crippen molar-refractivity contribution in [3.05, 3.63) is 88.9 Å². The Kier molecular flexibility index (Phi) is 7.90. The number of likely N-dealkylation sites (tertiary alicyclic amines) is 1. The maximum atomic E-state index is 13.7. The molecule has 0 radical (unpaired) electrons. The second-order valence-electron chi connectivity index (χ2n) is 10.7. The van der Waals surface area contributed by atoms with Gasteiger partial charge in [-0.3, -0.25) is 4.79 Å². The minimum Gasteiger partial charge on any atom is -0.343 e. The molecule has 5 heteroatoms. The fourth-order valence-corrected chi connectivity index (χ4v) is 6.13. The normalized spacial score (nSPS) is 14.4. The Labute approximate surface area is 225 Å². The Morgan fingerprint density at radius 2 is 1.70 bits per heavy atom. The maximum absolute atomic E-state index is 13.7. The number of rotatable bonds is 8. The van der Waals surface area contributed by atoms with Gasteiger partial charge in [0.25, 0.3) is 5.91 Å². The Morgan fingerprint density at radius 3 is 2.38 bits per heavy atom. The summed E-state index contributed by atoms with van der Waals surface area (Å²) in [4.78, 5) is 20.8. The number of nitrogens with zero attached hydrogens (tertiary/aromatic N) is 3. The first-order valence-electron chi connectivity index (χ1n) is 13.5. The van der Waals surface area contributed by atoms with E-state index >= 15 is 0 Å². The van der Waals surface area contributed by atoms with Gasteiger partial charge in [0.15, 0.2) is 0 Å². The van der Waals surface area contributed by atoms with E-state index in [0.717, 1.165) is 78.5 Å². The third-order valence-corrected chi connectivity index (χ3v) is 8.47. The van der Waals surface area contributed by atoms with Gasteiger partial charge in [-0.2, -0.15) is 0 Å². The van der Waals surface area contributed by atoms with Gasteiger partial charge >= 0.3 is 0 Å². The summed E-state index contributed by atoms with van der Waals surface area (Å²) >= 11 is 1.66. The topological polar surface area (TPSA) is 38.1 Å². The zero-order chi connectivity index (χ0) is 25.8. The van der Waals surface area contributed by atoms with Gasteiger partial charge in [-0.05, 0) is 56.1 Å². The lowest BCUT2D eigenvalue weighted by atomic mass is 9.90. The van der Waals surface area contributed by atoms with Crippen LogP contribution in [0.1, 0.15) is 54.7 Å². The Bertz CT molecular complexity index is 1310. The lowest BCUT2D eigenvalue weighted by Gasteiger charge is -2.32. The predicted octanol–water partition coefficient (Wildman–Crippen LogP) is 7.73. The van der Waals surface area contributed by atoms with Crippen LogP contribution in [0.5, 0.6) is 0 Å². The van der Waals surface area contributed by atoms with E-state index in [0.29, 0.717) is 11.8 Å². The molecule has 4 aromatic rings. The first-order chi connectivity index (χ1) is 18.0. The molecular formula is C32H37N3OS. The van der Waals surface area contributed by atoms with Crippen LogP contribution in [-0.4, -0.2) is 33.4 Å². The number of benzene rings is 2. The molecule has 1 amide bonds. The number of amides is 1. The molecule has 0 unspecified atom stereocenters. The van der Waals surface area contributed by atoms with Gasteiger partial charge < -0.3 is 9.47 Å². The number of carbonyl (C=O) groups excluding carboxylic acids is 1. The van der Waals surface area contributed by atoms with E-state index in [-0.39, 0.29) is 5.91 Å². The number of hydrogen-bond acceptors (Lipinski definition) is 3. The van der Waals surface area contributed by atoms with E-state index in [4.69, 9.17) is 4.98 Å². The van der Waals surface area contributed by atoms with Crippen LogP contribution < -0.4 is 0 Å². The summed E-state index contributed by atoms with van der Waals surface area (Å²) in [6.45, 7) is 9.16. The number of piperidine rings is 1. The van der Waals surface area contributed by atoms with Crippen molar-refractivity contribution in [1.82, 2.24) is 14.5 Å². The fourth-order valence-electron chi connectivity index (χ4n) is 5.31. The van der Waals surface area contributed by atoms with E-state index < -0.39 is 0 Å². The number of aromatic nitrogens is 2. The minimum absolute atomic E-state index is 0.165. The van der Waals surface area contributed by atoms with Crippen LogP contribution in [0, 0.1) is 18.8 Å². The van der Waals surface area contributed by atoms with Crippen molar-refractivity contribution in [2.24, 2.45) is 11.8 Å². The van der Waals surface area contributed by atoms with E-state index in [2.05, 4.69) is 84.1 Å². The molecule has 5 rings (SSSR count). The maximum Gasteiger partial charge on any atom is 0.255 e. The highest BCUT2D eigenvalue weighted by atomic mass is 32.1. The highest BCUT2D eigenvalue weighted by Gasteiger charge is 2.27. The summed E-state index contributed by atoms with van der Waals surface area (Å²) < 4.78 is 2.32. The number of carbonyl (C=O) groups is 1. The van der Waals surface area contributed by atoms with Gasteiger partial charge in [-0.25, -0.2) is 4.98 Å². The van der Waals surface area contributed by atoms with Crippen molar-refractivity contribution in [3.8, 4) is 22.0 Å². The van der Waals surface area contributed by atoms with E-state index in [1.807, 2.05) is 18.2 Å². The lowest BCUT2D eigenvalue weighted by molar-refractivity contribution is 0.0689. The molecule has 1 saturated heterocycles. The molecule has 4 nitrogen and oxygen atoms in total. The third kappa shape index (κ3) is 5.88. The molecule has 0 N–H and O–H groups in total. The second kappa shape index (κ2) is 11.5. The molecule has 0 spiro atoms. The van der Waals surface area contributed by atoms with Crippen molar-refractivity contribution in [2.75, 3.05) is 13.1 Å². The molecule has 3 heterocycles. The summed E-state index contributed by atoms with van der Waals surface area (Å²) in [5.41, 5.74) is 6.42. The van der Waals surface area contributed by atoms with Crippen molar-refractivity contribution >= 4 is 17.2 Å². The van der Waals surface area contributed by atoms with Crippen molar-refractivity contribution in [1.29, 1.82) is 0 Å². The molecule has 37 heavy (non-hydrogen) atoms. The number of hydrogen-bond donors (Lipinski definition) is 0. The van der Waals surface area contributed by atoms with Crippen LogP contribution in [0.25, 0.3) is 22.0 Å². The van der Waals surface area contributed by atoms with Crippen molar-refractivity contribution in [3.63, 3.8) is 0 Å². The minimum atomic E-state index is 0.165. The van der Waals surface area contributed by atoms with Gasteiger partial charge in [0.1, 0.15) is 5.01 Å². The molecule has 1 aliphatic rings. The number of thiazole rings is 1. The summed E-state index contributed by atoms with van der Waals surface area (Å²) in [5.74, 6) is 1.40. The molecule has 1 fully saturated rings. The van der Waals surface area contributed by atoms with Crippen molar-refractivity contribution in [2.45, 2.75) is 53.0 Å². The molecule has 1 aliphatic heterocycles. The van der Waals surface area contributed by atoms with E-state index in [1.54, 1.807) is 11.3 Å². The largest absolute Gasteiger partial charge is 0.343 e. The first kappa shape index (κ1) is 25.5. The molecule has 0 atom stereocenters. The van der Waals surface area contributed by atoms with Crippen LogP contribution in [0.4, 0.5) is 0 Å². The summed E-state index contributed by atoms with van der Waals surface area (Å²) in [6, 6.07) is 23.1. The Balaban J connectivity index is 1.36. The molecule has 0 bridgehead atoms. The molecule has 2 aromatic heterocycles. The third-order valence-electron chi connectivity index (χ3n) is 7.58. The van der Waals surface area contributed by atoms with Gasteiger partial charge in [0, 0.05) is 36.3 Å². The van der Waals surface area contributed by atoms with Gasteiger partial charge in [-0.15, -0.1) is 11.3 Å². The highest BCUT2D eigenvalue weighted by Crippen LogP contribution is 2.33.